The molecule has 0 bridgehead atoms. The number of anilines is 1. The quantitative estimate of drug-likeness (QED) is 0.469. The van der Waals surface area contributed by atoms with Crippen LogP contribution >= 0.6 is 0 Å². The predicted molar refractivity (Wildman–Crippen MR) is 160 cm³/mol. The largest absolute Gasteiger partial charge is 0.393 e. The number of amides is 1. The van der Waals surface area contributed by atoms with Crippen molar-refractivity contribution in [1.82, 2.24) is 14.9 Å². The molecule has 6 nitrogen and oxygen atoms in total. The minimum absolute atomic E-state index is 0.0580. The number of aliphatic hydroxyl groups is 1. The first-order valence-corrected chi connectivity index (χ1v) is 16.6. The lowest BCUT2D eigenvalue weighted by Gasteiger charge is -2.61. The number of hydrogen-bond acceptors (Lipinski definition) is 5. The molecule has 0 radical (unpaired) electrons. The summed E-state index contributed by atoms with van der Waals surface area (Å²) in [6.07, 6.45) is 16.7. The summed E-state index contributed by atoms with van der Waals surface area (Å²) in [5, 5.41) is 10.4. The predicted octanol–water partition coefficient (Wildman–Crippen LogP) is 6.26. The molecule has 5 fully saturated rings. The van der Waals surface area contributed by atoms with Crippen LogP contribution in [-0.4, -0.2) is 57.7 Å². The summed E-state index contributed by atoms with van der Waals surface area (Å²) >= 11 is 0. The first kappa shape index (κ1) is 28.4. The van der Waals surface area contributed by atoms with Gasteiger partial charge < -0.3 is 14.9 Å². The molecular weight excluding hydrogens is 496 g/mol. The maximum absolute atomic E-state index is 13.4. The van der Waals surface area contributed by atoms with Crippen molar-refractivity contribution in [3.8, 4) is 0 Å². The molecule has 4 aliphatic carbocycles. The summed E-state index contributed by atoms with van der Waals surface area (Å²) in [6, 6.07) is 0.201. The molecule has 1 unspecified atom stereocenters. The number of aliphatic hydroxyl groups excluding tert-OH is 1. The van der Waals surface area contributed by atoms with Gasteiger partial charge in [-0.25, -0.2) is 9.97 Å². The molecule has 1 aromatic rings. The number of carbonyl (C=O) groups excluding carboxylic acids is 1. The average molecular weight is 551 g/mol. The number of aromatic nitrogens is 2. The van der Waals surface area contributed by atoms with E-state index in [1.807, 2.05) is 6.20 Å². The van der Waals surface area contributed by atoms with E-state index in [4.69, 9.17) is 0 Å². The molecule has 0 aromatic carbocycles. The van der Waals surface area contributed by atoms with Gasteiger partial charge in [-0.15, -0.1) is 0 Å². The van der Waals surface area contributed by atoms with Gasteiger partial charge in [-0.05, 0) is 124 Å². The minimum Gasteiger partial charge on any atom is -0.393 e. The van der Waals surface area contributed by atoms with E-state index in [0.717, 1.165) is 79.9 Å². The summed E-state index contributed by atoms with van der Waals surface area (Å²) in [5.41, 5.74) is 1.99. The molecule has 40 heavy (non-hydrogen) atoms. The molecule has 10 atom stereocenters. The van der Waals surface area contributed by atoms with Crippen LogP contribution < -0.4 is 4.90 Å². The number of rotatable bonds is 5. The fourth-order valence-corrected chi connectivity index (χ4v) is 11.2. The molecule has 222 valence electrons. The second-order valence-corrected chi connectivity index (χ2v) is 15.2. The summed E-state index contributed by atoms with van der Waals surface area (Å²) in [7, 11) is 0. The van der Waals surface area contributed by atoms with Crippen LogP contribution in [0, 0.1) is 53.3 Å². The highest BCUT2D eigenvalue weighted by Crippen LogP contribution is 2.68. The molecule has 4 saturated carbocycles. The SMILES string of the molecule is Cc1cncnc1N1CCN(C(=O)CCC(C)[C@H]2CC[C@H]3[C@@H]4CC[C@H]5C[C@@H](O)CC[C@]5(C)[C@H]4CC[C@]23C)[C@@H](C)C1. The maximum atomic E-state index is 13.4. The van der Waals surface area contributed by atoms with Gasteiger partial charge in [-0.1, -0.05) is 20.8 Å². The molecule has 2 heterocycles. The number of aryl methyl sites for hydroxylation is 1. The molecule has 1 N–H and O–H groups in total. The molecule has 1 aromatic heterocycles. The lowest BCUT2D eigenvalue weighted by Crippen LogP contribution is -2.54. The van der Waals surface area contributed by atoms with Crippen LogP contribution in [-0.2, 0) is 4.79 Å². The van der Waals surface area contributed by atoms with Crippen molar-refractivity contribution >= 4 is 11.7 Å². The fraction of sp³-hybridized carbons (Fsp3) is 0.853. The molecule has 6 heteroatoms. The Morgan fingerprint density at radius 3 is 2.62 bits per heavy atom. The number of hydrogen-bond donors (Lipinski definition) is 1. The summed E-state index contributed by atoms with van der Waals surface area (Å²) in [4.78, 5) is 26.5. The van der Waals surface area contributed by atoms with Crippen molar-refractivity contribution in [1.29, 1.82) is 0 Å². The van der Waals surface area contributed by atoms with Gasteiger partial charge in [0.25, 0.3) is 0 Å². The van der Waals surface area contributed by atoms with Crippen LogP contribution in [0.2, 0.25) is 0 Å². The van der Waals surface area contributed by atoms with Crippen LogP contribution in [0.3, 0.4) is 0 Å². The van der Waals surface area contributed by atoms with E-state index in [9.17, 15) is 9.90 Å². The van der Waals surface area contributed by atoms with Gasteiger partial charge >= 0.3 is 0 Å². The van der Waals surface area contributed by atoms with Crippen molar-refractivity contribution in [3.63, 3.8) is 0 Å². The van der Waals surface area contributed by atoms with E-state index in [2.05, 4.69) is 54.4 Å². The molecule has 0 spiro atoms. The molecule has 1 saturated heterocycles. The zero-order valence-corrected chi connectivity index (χ0v) is 25.8. The number of piperazine rings is 1. The second-order valence-electron chi connectivity index (χ2n) is 15.2. The van der Waals surface area contributed by atoms with Crippen molar-refractivity contribution in [2.45, 2.75) is 117 Å². The highest BCUT2D eigenvalue weighted by atomic mass is 16.3. The third-order valence-corrected chi connectivity index (χ3v) is 13.3. The lowest BCUT2D eigenvalue weighted by atomic mass is 9.44. The van der Waals surface area contributed by atoms with E-state index in [1.165, 1.54) is 44.9 Å². The van der Waals surface area contributed by atoms with Gasteiger partial charge in [0, 0.05) is 43.9 Å². The smallest absolute Gasteiger partial charge is 0.222 e. The Morgan fingerprint density at radius 1 is 1.07 bits per heavy atom. The Labute approximate surface area is 242 Å². The molecular formula is C34H54N4O2. The van der Waals surface area contributed by atoms with Crippen LogP contribution in [0.5, 0.6) is 0 Å². The van der Waals surface area contributed by atoms with Gasteiger partial charge in [0.15, 0.2) is 0 Å². The van der Waals surface area contributed by atoms with Gasteiger partial charge in [-0.2, -0.15) is 0 Å². The Balaban J connectivity index is 1.05. The van der Waals surface area contributed by atoms with E-state index in [0.29, 0.717) is 29.1 Å². The topological polar surface area (TPSA) is 69.6 Å². The number of nitrogens with zero attached hydrogens (tertiary/aromatic N) is 4. The monoisotopic (exact) mass is 550 g/mol. The average Bonchev–Trinajstić information content (AvgIpc) is 3.29. The molecule has 1 aliphatic heterocycles. The van der Waals surface area contributed by atoms with E-state index >= 15 is 0 Å². The van der Waals surface area contributed by atoms with Crippen LogP contribution in [0.4, 0.5) is 5.82 Å². The van der Waals surface area contributed by atoms with E-state index in [-0.39, 0.29) is 12.1 Å². The third-order valence-electron chi connectivity index (χ3n) is 13.3. The highest BCUT2D eigenvalue weighted by Gasteiger charge is 2.60. The summed E-state index contributed by atoms with van der Waals surface area (Å²) < 4.78 is 0. The van der Waals surface area contributed by atoms with Gasteiger partial charge in [0.05, 0.1) is 6.10 Å². The van der Waals surface area contributed by atoms with E-state index < -0.39 is 0 Å². The fourth-order valence-electron chi connectivity index (χ4n) is 11.2. The van der Waals surface area contributed by atoms with Gasteiger partial charge in [-0.3, -0.25) is 4.79 Å². The number of carbonyl (C=O) groups is 1. The second kappa shape index (κ2) is 10.9. The third kappa shape index (κ3) is 4.78. The van der Waals surface area contributed by atoms with E-state index in [1.54, 1.807) is 6.33 Å². The Hall–Kier alpha value is -1.69. The Kier molecular flexibility index (Phi) is 7.72. The first-order valence-electron chi connectivity index (χ1n) is 16.6. The van der Waals surface area contributed by atoms with Crippen molar-refractivity contribution in [3.05, 3.63) is 18.1 Å². The zero-order chi connectivity index (χ0) is 28.2. The Morgan fingerprint density at radius 2 is 1.85 bits per heavy atom. The first-order chi connectivity index (χ1) is 19.1. The summed E-state index contributed by atoms with van der Waals surface area (Å²) in [6.45, 7) is 14.4. The van der Waals surface area contributed by atoms with Crippen LogP contribution in [0.25, 0.3) is 0 Å². The van der Waals surface area contributed by atoms with Gasteiger partial charge in [0.1, 0.15) is 12.1 Å². The normalized spacial score (nSPS) is 42.1. The number of fused-ring (bicyclic) bond motifs is 5. The molecule has 5 aliphatic rings. The minimum atomic E-state index is -0.0580. The maximum Gasteiger partial charge on any atom is 0.222 e. The zero-order valence-electron chi connectivity index (χ0n) is 25.8. The van der Waals surface area contributed by atoms with Gasteiger partial charge in [0.2, 0.25) is 5.91 Å². The lowest BCUT2D eigenvalue weighted by molar-refractivity contribution is -0.135. The van der Waals surface area contributed by atoms with Crippen LogP contribution in [0.1, 0.15) is 104 Å². The van der Waals surface area contributed by atoms with Crippen molar-refractivity contribution in [2.75, 3.05) is 24.5 Å². The highest BCUT2D eigenvalue weighted by molar-refractivity contribution is 5.77. The summed E-state index contributed by atoms with van der Waals surface area (Å²) in [5.74, 6) is 6.03. The Bertz CT molecular complexity index is 1080. The molecule has 6 rings (SSSR count). The molecule has 1 amide bonds. The standard InChI is InChI=1S/C34H54N4O2/c1-22(6-11-31(40)38-17-16-37(20-24(38)3)32-23(2)19-35-21-36-32)28-9-10-29-27-8-7-25-18-26(39)12-14-33(25,4)30(27)13-15-34(28,29)5/h19,21-22,24-30,39H,6-18,20H2,1-5H3/t22?,24-,25-,26-,27-,28+,29-,30-,33-,34+/m0/s1. The van der Waals surface area contributed by atoms with Crippen LogP contribution in [0.15, 0.2) is 12.5 Å². The van der Waals surface area contributed by atoms with Crippen molar-refractivity contribution < 1.29 is 9.90 Å². The van der Waals surface area contributed by atoms with Crippen molar-refractivity contribution in [2.24, 2.45) is 46.3 Å².